The molecule has 1 amide bonds. The average molecular weight is 156 g/mol. The molecule has 1 rings (SSSR count). The van der Waals surface area contributed by atoms with Crippen molar-refractivity contribution in [2.75, 3.05) is 12.4 Å². The van der Waals surface area contributed by atoms with E-state index in [1.165, 1.54) is 13.4 Å². The minimum Gasteiger partial charge on any atom is -0.453 e. The number of hydrogen-bond donors (Lipinski definition) is 1. The van der Waals surface area contributed by atoms with Crippen molar-refractivity contribution in [2.24, 2.45) is 0 Å². The van der Waals surface area contributed by atoms with Crippen LogP contribution in [0.25, 0.3) is 0 Å². The van der Waals surface area contributed by atoms with E-state index >= 15 is 0 Å². The largest absolute Gasteiger partial charge is 0.453 e. The second kappa shape index (κ2) is 3.05. The second-order valence-electron chi connectivity index (χ2n) is 1.91. The number of methoxy groups -OCH3 is 1. The topological polar surface area (TPSA) is 64.4 Å². The van der Waals surface area contributed by atoms with Crippen LogP contribution in [-0.2, 0) is 4.74 Å². The third-order valence-electron chi connectivity index (χ3n) is 1.01. The van der Waals surface area contributed by atoms with E-state index in [0.717, 1.165) is 0 Å². The van der Waals surface area contributed by atoms with Crippen LogP contribution in [0, 0.1) is 6.92 Å². The van der Waals surface area contributed by atoms with Gasteiger partial charge in [-0.15, -0.1) is 0 Å². The molecule has 0 unspecified atom stereocenters. The van der Waals surface area contributed by atoms with Gasteiger partial charge in [0, 0.05) is 0 Å². The summed E-state index contributed by atoms with van der Waals surface area (Å²) in [5.41, 5.74) is 0.705. The van der Waals surface area contributed by atoms with E-state index in [1.54, 1.807) is 6.92 Å². The molecule has 0 aliphatic carbocycles. The van der Waals surface area contributed by atoms with Crippen LogP contribution in [0.15, 0.2) is 10.7 Å². The molecule has 0 spiro atoms. The summed E-state index contributed by atoms with van der Waals surface area (Å²) in [6.07, 6.45) is 0.845. The van der Waals surface area contributed by atoms with Gasteiger partial charge in [-0.05, 0) is 6.92 Å². The van der Waals surface area contributed by atoms with Gasteiger partial charge in [0.2, 0.25) is 0 Å². The van der Waals surface area contributed by atoms with Crippen molar-refractivity contribution in [3.63, 3.8) is 0 Å². The van der Waals surface area contributed by atoms with Gasteiger partial charge in [0.15, 0.2) is 0 Å². The fraction of sp³-hybridized carbons (Fsp3) is 0.333. The van der Waals surface area contributed by atoms with E-state index in [1.807, 2.05) is 0 Å². The smallest absolute Gasteiger partial charge is 0.414 e. The number of aryl methyl sites for hydroxylation is 1. The van der Waals surface area contributed by atoms with E-state index in [-0.39, 0.29) is 6.01 Å². The lowest BCUT2D eigenvalue weighted by Crippen LogP contribution is -2.10. The van der Waals surface area contributed by atoms with Crippen molar-refractivity contribution in [2.45, 2.75) is 6.92 Å². The summed E-state index contributed by atoms with van der Waals surface area (Å²) in [4.78, 5) is 14.4. The zero-order valence-corrected chi connectivity index (χ0v) is 6.25. The van der Waals surface area contributed by atoms with Crippen LogP contribution in [0.3, 0.4) is 0 Å². The van der Waals surface area contributed by atoms with Crippen LogP contribution < -0.4 is 5.32 Å². The fourth-order valence-corrected chi connectivity index (χ4v) is 0.550. The number of rotatable bonds is 1. The highest BCUT2D eigenvalue weighted by atomic mass is 16.5. The van der Waals surface area contributed by atoms with Gasteiger partial charge in [0.25, 0.3) is 0 Å². The molecule has 1 aromatic heterocycles. The quantitative estimate of drug-likeness (QED) is 0.662. The molecule has 1 N–H and O–H groups in total. The molecular formula is C6H8N2O3. The number of hydrogen-bond acceptors (Lipinski definition) is 4. The Morgan fingerprint density at radius 3 is 3.00 bits per heavy atom. The molecule has 1 aromatic rings. The Hall–Kier alpha value is -1.52. The Morgan fingerprint density at radius 2 is 2.55 bits per heavy atom. The van der Waals surface area contributed by atoms with Crippen molar-refractivity contribution in [1.82, 2.24) is 4.98 Å². The minimum atomic E-state index is -0.591. The van der Waals surface area contributed by atoms with Gasteiger partial charge >= 0.3 is 12.1 Å². The lowest BCUT2D eigenvalue weighted by atomic mass is 10.6. The molecule has 0 aliphatic rings. The first-order chi connectivity index (χ1) is 5.22. The van der Waals surface area contributed by atoms with E-state index in [2.05, 4.69) is 15.0 Å². The molecule has 0 saturated heterocycles. The van der Waals surface area contributed by atoms with Gasteiger partial charge in [-0.3, -0.25) is 0 Å². The number of anilines is 1. The van der Waals surface area contributed by atoms with Crippen LogP contribution in [0.1, 0.15) is 5.69 Å². The van der Waals surface area contributed by atoms with E-state index in [9.17, 15) is 4.79 Å². The van der Waals surface area contributed by atoms with Crippen LogP contribution in [0.5, 0.6) is 0 Å². The molecule has 0 aliphatic heterocycles. The maximum Gasteiger partial charge on any atom is 0.414 e. The lowest BCUT2D eigenvalue weighted by molar-refractivity contribution is 0.186. The summed E-state index contributed by atoms with van der Waals surface area (Å²) in [7, 11) is 1.27. The maximum absolute atomic E-state index is 10.6. The lowest BCUT2D eigenvalue weighted by Gasteiger charge is -1.95. The Morgan fingerprint density at radius 1 is 1.82 bits per heavy atom. The van der Waals surface area contributed by atoms with E-state index < -0.39 is 6.09 Å². The monoisotopic (exact) mass is 156 g/mol. The van der Waals surface area contributed by atoms with Crippen LogP contribution in [0.4, 0.5) is 10.8 Å². The number of nitrogens with zero attached hydrogens (tertiary/aromatic N) is 1. The van der Waals surface area contributed by atoms with E-state index in [0.29, 0.717) is 5.69 Å². The summed E-state index contributed by atoms with van der Waals surface area (Å²) >= 11 is 0. The Kier molecular flexibility index (Phi) is 2.10. The van der Waals surface area contributed by atoms with Crippen molar-refractivity contribution >= 4 is 12.1 Å². The summed E-state index contributed by atoms with van der Waals surface area (Å²) < 4.78 is 9.13. The van der Waals surface area contributed by atoms with Crippen molar-refractivity contribution in [3.05, 3.63) is 12.0 Å². The zero-order valence-electron chi connectivity index (χ0n) is 6.25. The van der Waals surface area contributed by atoms with E-state index in [4.69, 9.17) is 4.42 Å². The number of carbonyl (C=O) groups excluding carboxylic acids is 1. The molecule has 0 saturated carbocycles. The third kappa shape index (κ3) is 1.96. The first kappa shape index (κ1) is 7.59. The number of amides is 1. The molecule has 11 heavy (non-hydrogen) atoms. The van der Waals surface area contributed by atoms with Crippen molar-refractivity contribution in [3.8, 4) is 0 Å². The van der Waals surface area contributed by atoms with Crippen LogP contribution in [-0.4, -0.2) is 18.2 Å². The van der Waals surface area contributed by atoms with Crippen LogP contribution >= 0.6 is 0 Å². The van der Waals surface area contributed by atoms with Gasteiger partial charge in [0.05, 0.1) is 12.8 Å². The van der Waals surface area contributed by atoms with Crippen molar-refractivity contribution < 1.29 is 13.9 Å². The Balaban J connectivity index is 2.57. The molecule has 0 radical (unpaired) electrons. The SMILES string of the molecule is COC(=O)Nc1nc(C)co1. The molecule has 0 aromatic carbocycles. The van der Waals surface area contributed by atoms with Gasteiger partial charge in [-0.2, -0.15) is 4.98 Å². The minimum absolute atomic E-state index is 0.148. The number of carbonyl (C=O) groups is 1. The standard InChI is InChI=1S/C6H8N2O3/c1-4-3-11-5(7-4)8-6(9)10-2/h3H,1-2H3,(H,7,8,9). The highest BCUT2D eigenvalue weighted by Crippen LogP contribution is 2.05. The molecule has 0 atom stereocenters. The van der Waals surface area contributed by atoms with Crippen LogP contribution in [0.2, 0.25) is 0 Å². The van der Waals surface area contributed by atoms with Gasteiger partial charge in [0.1, 0.15) is 6.26 Å². The molecule has 0 bridgehead atoms. The first-order valence-corrected chi connectivity index (χ1v) is 2.99. The Labute approximate surface area is 63.4 Å². The highest BCUT2D eigenvalue weighted by molar-refractivity contribution is 5.81. The predicted octanol–water partition coefficient (Wildman–Crippen LogP) is 1.16. The maximum atomic E-state index is 10.6. The fourth-order valence-electron chi connectivity index (χ4n) is 0.550. The zero-order chi connectivity index (χ0) is 8.27. The Bertz CT molecular complexity index is 256. The first-order valence-electron chi connectivity index (χ1n) is 2.99. The summed E-state index contributed by atoms with van der Waals surface area (Å²) in [5, 5.41) is 2.27. The molecule has 1 heterocycles. The van der Waals surface area contributed by atoms with Gasteiger partial charge in [-0.1, -0.05) is 0 Å². The molecular weight excluding hydrogens is 148 g/mol. The normalized spacial score (nSPS) is 9.27. The molecule has 0 fully saturated rings. The number of aromatic nitrogens is 1. The summed E-state index contributed by atoms with van der Waals surface area (Å²) in [5.74, 6) is 0. The van der Waals surface area contributed by atoms with Crippen molar-refractivity contribution in [1.29, 1.82) is 0 Å². The second-order valence-corrected chi connectivity index (χ2v) is 1.91. The molecule has 5 heteroatoms. The number of ether oxygens (including phenoxy) is 1. The molecule has 5 nitrogen and oxygen atoms in total. The number of nitrogens with one attached hydrogen (secondary N) is 1. The third-order valence-corrected chi connectivity index (χ3v) is 1.01. The van der Waals surface area contributed by atoms with Gasteiger partial charge in [-0.25, -0.2) is 10.1 Å². The van der Waals surface area contributed by atoms with Gasteiger partial charge < -0.3 is 9.15 Å². The summed E-state index contributed by atoms with van der Waals surface area (Å²) in [6.45, 7) is 1.76. The summed E-state index contributed by atoms with van der Waals surface area (Å²) in [6, 6.07) is 0.148. The number of oxazole rings is 1. The molecule has 60 valence electrons. The highest BCUT2D eigenvalue weighted by Gasteiger charge is 2.04. The average Bonchev–Trinajstić information content (AvgIpc) is 2.35. The predicted molar refractivity (Wildman–Crippen MR) is 37.3 cm³/mol.